The Hall–Kier alpha value is -3.34. The second-order valence-electron chi connectivity index (χ2n) is 7.20. The van der Waals surface area contributed by atoms with Gasteiger partial charge in [-0.1, -0.05) is 6.07 Å². The van der Waals surface area contributed by atoms with E-state index in [4.69, 9.17) is 21.7 Å². The number of thiocarbonyl (C=S) groups is 1. The molecule has 0 spiro atoms. The maximum absolute atomic E-state index is 13.0. The lowest BCUT2D eigenvalue weighted by molar-refractivity contribution is -0.137. The van der Waals surface area contributed by atoms with Crippen LogP contribution in [0.3, 0.4) is 0 Å². The minimum absolute atomic E-state index is 0.190. The number of ether oxygens (including phenoxy) is 2. The Morgan fingerprint density at radius 2 is 1.64 bits per heavy atom. The molecule has 1 aliphatic rings. The summed E-state index contributed by atoms with van der Waals surface area (Å²) < 4.78 is 48.5. The molecule has 2 aromatic rings. The predicted octanol–water partition coefficient (Wildman–Crippen LogP) is 3.80. The smallest absolute Gasteiger partial charge is 0.416 e. The van der Waals surface area contributed by atoms with Crippen LogP contribution >= 0.6 is 12.2 Å². The first kappa shape index (κ1) is 24.3. The number of rotatable bonds is 4. The summed E-state index contributed by atoms with van der Waals surface area (Å²) in [5.41, 5.74) is 0.498. The molecule has 1 N–H and O–H groups in total. The van der Waals surface area contributed by atoms with Gasteiger partial charge in [0.05, 0.1) is 36.6 Å². The van der Waals surface area contributed by atoms with Crippen LogP contribution in [-0.4, -0.2) is 62.3 Å². The zero-order valence-corrected chi connectivity index (χ0v) is 18.8. The highest BCUT2D eigenvalue weighted by molar-refractivity contribution is 7.80. The van der Waals surface area contributed by atoms with Crippen molar-refractivity contribution in [1.29, 1.82) is 0 Å². The van der Waals surface area contributed by atoms with E-state index in [1.54, 1.807) is 6.07 Å². The maximum Gasteiger partial charge on any atom is 0.416 e. The lowest BCUT2D eigenvalue weighted by atomic mass is 10.1. The van der Waals surface area contributed by atoms with E-state index < -0.39 is 23.7 Å². The SMILES string of the molecule is COC(=O)c1ccc(C(=O)OC)c(NC(=S)N2CCN(c3cccc(C(F)(F)F)c3)CC2)c1. The molecule has 0 aromatic heterocycles. The van der Waals surface area contributed by atoms with Crippen LogP contribution in [0.5, 0.6) is 0 Å². The van der Waals surface area contributed by atoms with Crippen molar-refractivity contribution >= 4 is 40.6 Å². The first-order chi connectivity index (χ1) is 15.6. The Morgan fingerprint density at radius 1 is 0.970 bits per heavy atom. The third-order valence-electron chi connectivity index (χ3n) is 5.19. The van der Waals surface area contributed by atoms with Crippen LogP contribution in [0.2, 0.25) is 0 Å². The highest BCUT2D eigenvalue weighted by Gasteiger charge is 2.31. The van der Waals surface area contributed by atoms with Crippen LogP contribution in [0.25, 0.3) is 0 Å². The molecule has 0 bridgehead atoms. The molecule has 7 nitrogen and oxygen atoms in total. The van der Waals surface area contributed by atoms with Gasteiger partial charge in [0.25, 0.3) is 0 Å². The van der Waals surface area contributed by atoms with Crippen molar-refractivity contribution < 1.29 is 32.2 Å². The van der Waals surface area contributed by atoms with Gasteiger partial charge in [-0.15, -0.1) is 0 Å². The number of piperazine rings is 1. The van der Waals surface area contributed by atoms with Gasteiger partial charge in [-0.3, -0.25) is 0 Å². The van der Waals surface area contributed by atoms with E-state index in [1.165, 1.54) is 38.5 Å². The summed E-state index contributed by atoms with van der Waals surface area (Å²) in [5, 5.41) is 3.29. The van der Waals surface area contributed by atoms with Gasteiger partial charge in [0, 0.05) is 31.9 Å². The first-order valence-electron chi connectivity index (χ1n) is 9.93. The number of anilines is 2. The summed E-state index contributed by atoms with van der Waals surface area (Å²) in [6, 6.07) is 9.53. The molecule has 33 heavy (non-hydrogen) atoms. The molecule has 0 saturated carbocycles. The van der Waals surface area contributed by atoms with Gasteiger partial charge in [0.15, 0.2) is 5.11 Å². The normalized spacial score (nSPS) is 14.0. The van der Waals surface area contributed by atoms with Gasteiger partial charge in [-0.2, -0.15) is 13.2 Å². The van der Waals surface area contributed by atoms with Crippen molar-refractivity contribution in [3.05, 3.63) is 59.2 Å². The van der Waals surface area contributed by atoms with Crippen molar-refractivity contribution in [1.82, 2.24) is 4.90 Å². The van der Waals surface area contributed by atoms with E-state index in [9.17, 15) is 22.8 Å². The van der Waals surface area contributed by atoms with Crippen LogP contribution in [0, 0.1) is 0 Å². The molecule has 1 saturated heterocycles. The Morgan fingerprint density at radius 3 is 2.24 bits per heavy atom. The molecular weight excluding hydrogens is 459 g/mol. The molecule has 2 aromatic carbocycles. The highest BCUT2D eigenvalue weighted by atomic mass is 32.1. The fourth-order valence-corrected chi connectivity index (χ4v) is 3.71. The number of carbonyl (C=O) groups is 2. The van der Waals surface area contributed by atoms with Gasteiger partial charge >= 0.3 is 18.1 Å². The number of hydrogen-bond acceptors (Lipinski definition) is 6. The summed E-state index contributed by atoms with van der Waals surface area (Å²) in [7, 11) is 2.49. The molecular formula is C22H22F3N3O4S. The summed E-state index contributed by atoms with van der Waals surface area (Å²) >= 11 is 5.48. The minimum Gasteiger partial charge on any atom is -0.465 e. The van der Waals surface area contributed by atoms with Crippen molar-refractivity contribution in [2.24, 2.45) is 0 Å². The first-order valence-corrected chi connectivity index (χ1v) is 10.3. The zero-order chi connectivity index (χ0) is 24.2. The molecule has 0 aliphatic carbocycles. The molecule has 0 radical (unpaired) electrons. The van der Waals surface area contributed by atoms with Crippen LogP contribution in [0.15, 0.2) is 42.5 Å². The number of hydrogen-bond donors (Lipinski definition) is 1. The Labute approximate surface area is 194 Å². The Balaban J connectivity index is 1.70. The van der Waals surface area contributed by atoms with Crippen molar-refractivity contribution in [3.63, 3.8) is 0 Å². The number of methoxy groups -OCH3 is 2. The predicted molar refractivity (Wildman–Crippen MR) is 121 cm³/mol. The number of halogens is 3. The maximum atomic E-state index is 13.0. The van der Waals surface area contributed by atoms with E-state index in [1.807, 2.05) is 9.80 Å². The average molecular weight is 481 g/mol. The molecule has 0 unspecified atom stereocenters. The Kier molecular flexibility index (Phi) is 7.42. The third kappa shape index (κ3) is 5.72. The average Bonchev–Trinajstić information content (AvgIpc) is 2.82. The molecule has 176 valence electrons. The summed E-state index contributed by atoms with van der Waals surface area (Å²) in [6.07, 6.45) is -4.40. The summed E-state index contributed by atoms with van der Waals surface area (Å²) in [6.45, 7) is 1.81. The van der Waals surface area contributed by atoms with E-state index >= 15 is 0 Å². The largest absolute Gasteiger partial charge is 0.465 e. The fourth-order valence-electron chi connectivity index (χ4n) is 3.42. The molecule has 1 heterocycles. The molecule has 3 rings (SSSR count). The van der Waals surface area contributed by atoms with E-state index in [0.717, 1.165) is 12.1 Å². The molecule has 1 fully saturated rings. The van der Waals surface area contributed by atoms with Gasteiger partial charge in [0.2, 0.25) is 0 Å². The summed E-state index contributed by atoms with van der Waals surface area (Å²) in [4.78, 5) is 27.7. The van der Waals surface area contributed by atoms with E-state index in [0.29, 0.717) is 37.0 Å². The van der Waals surface area contributed by atoms with Crippen molar-refractivity contribution in [2.45, 2.75) is 6.18 Å². The number of nitrogens with one attached hydrogen (secondary N) is 1. The van der Waals surface area contributed by atoms with Gasteiger partial charge in [-0.05, 0) is 48.6 Å². The monoisotopic (exact) mass is 481 g/mol. The highest BCUT2D eigenvalue weighted by Crippen LogP contribution is 2.32. The second kappa shape index (κ2) is 10.1. The molecule has 0 atom stereocenters. The minimum atomic E-state index is -4.40. The second-order valence-corrected chi connectivity index (χ2v) is 7.58. The number of carbonyl (C=O) groups excluding carboxylic acids is 2. The third-order valence-corrected chi connectivity index (χ3v) is 5.55. The standard InChI is InChI=1S/C22H22F3N3O4S/c1-31-19(29)14-6-7-17(20(30)32-2)18(12-14)26-21(33)28-10-8-27(9-11-28)16-5-3-4-15(13-16)22(23,24)25/h3-7,12-13H,8-11H2,1-2H3,(H,26,33). The van der Waals surface area contributed by atoms with Crippen LogP contribution < -0.4 is 10.2 Å². The van der Waals surface area contributed by atoms with Crippen LogP contribution in [0.4, 0.5) is 24.5 Å². The van der Waals surface area contributed by atoms with Crippen molar-refractivity contribution in [2.75, 3.05) is 50.6 Å². The zero-order valence-electron chi connectivity index (χ0n) is 17.9. The number of nitrogens with zero attached hydrogens (tertiary/aromatic N) is 2. The lowest BCUT2D eigenvalue weighted by Gasteiger charge is -2.37. The van der Waals surface area contributed by atoms with Gasteiger partial charge in [-0.25, -0.2) is 9.59 Å². The van der Waals surface area contributed by atoms with E-state index in [2.05, 4.69) is 5.32 Å². The Bertz CT molecular complexity index is 1050. The van der Waals surface area contributed by atoms with Gasteiger partial charge < -0.3 is 24.6 Å². The summed E-state index contributed by atoms with van der Waals surface area (Å²) in [5.74, 6) is -1.18. The molecule has 0 amide bonds. The van der Waals surface area contributed by atoms with Crippen LogP contribution in [-0.2, 0) is 15.7 Å². The van der Waals surface area contributed by atoms with Crippen LogP contribution in [0.1, 0.15) is 26.3 Å². The fraction of sp³-hybridized carbons (Fsp3) is 0.318. The number of alkyl halides is 3. The van der Waals surface area contributed by atoms with Crippen molar-refractivity contribution in [3.8, 4) is 0 Å². The molecule has 11 heteroatoms. The molecule has 1 aliphatic heterocycles. The topological polar surface area (TPSA) is 71.1 Å². The van der Waals surface area contributed by atoms with Gasteiger partial charge in [0.1, 0.15) is 0 Å². The number of benzene rings is 2. The quantitative estimate of drug-likeness (QED) is 0.523. The lowest BCUT2D eigenvalue weighted by Crippen LogP contribution is -2.50. The number of esters is 2. The van der Waals surface area contributed by atoms with E-state index in [-0.39, 0.29) is 16.8 Å².